The lowest BCUT2D eigenvalue weighted by Crippen LogP contribution is -2.68. The van der Waals surface area contributed by atoms with Gasteiger partial charge in [0, 0.05) is 37.1 Å². The molecule has 1 aromatic carbocycles. The lowest BCUT2D eigenvalue weighted by atomic mass is 9.56. The highest BCUT2D eigenvalue weighted by Gasteiger charge is 2.62. The van der Waals surface area contributed by atoms with Gasteiger partial charge in [0.05, 0.1) is 11.7 Å². The number of urea groups is 1. The highest BCUT2D eigenvalue weighted by molar-refractivity contribution is 5.87. The summed E-state index contributed by atoms with van der Waals surface area (Å²) in [5.41, 5.74) is 1.10. The zero-order chi connectivity index (χ0) is 18.9. The van der Waals surface area contributed by atoms with Crippen molar-refractivity contribution in [3.05, 3.63) is 35.4 Å². The maximum atomic E-state index is 12.9. The Kier molecular flexibility index (Phi) is 5.23. The maximum Gasteiger partial charge on any atom is 0.335 e. The summed E-state index contributed by atoms with van der Waals surface area (Å²) in [7, 11) is 0. The Bertz CT molecular complexity index is 671. The number of fused-ring (bicyclic) bond motifs is 1. The van der Waals surface area contributed by atoms with Gasteiger partial charge in [0.1, 0.15) is 0 Å². The minimum absolute atomic E-state index is 0.0309. The molecule has 2 aliphatic rings. The topological polar surface area (TPSA) is 78.9 Å². The van der Waals surface area contributed by atoms with Crippen molar-refractivity contribution in [1.82, 2.24) is 10.2 Å². The average molecular weight is 360 g/mol. The molecule has 0 bridgehead atoms. The maximum absolute atomic E-state index is 12.9. The van der Waals surface area contributed by atoms with Crippen molar-refractivity contribution in [3.63, 3.8) is 0 Å². The van der Waals surface area contributed by atoms with Crippen molar-refractivity contribution in [2.24, 2.45) is 11.3 Å². The molecule has 3 atom stereocenters. The molecule has 1 aliphatic heterocycles. The molecular formula is C20H28N2O4. The molecule has 0 aromatic heterocycles. The van der Waals surface area contributed by atoms with Crippen molar-refractivity contribution in [3.8, 4) is 0 Å². The summed E-state index contributed by atoms with van der Waals surface area (Å²) in [5, 5.41) is 12.0. The van der Waals surface area contributed by atoms with E-state index in [1.165, 1.54) is 0 Å². The number of ether oxygens (including phenoxy) is 1. The third-order valence-corrected chi connectivity index (χ3v) is 5.74. The fourth-order valence-electron chi connectivity index (χ4n) is 4.58. The van der Waals surface area contributed by atoms with Crippen molar-refractivity contribution in [2.75, 3.05) is 13.2 Å². The number of carboxylic acids is 1. The molecule has 3 rings (SSSR count). The zero-order valence-electron chi connectivity index (χ0n) is 15.7. The molecule has 26 heavy (non-hydrogen) atoms. The van der Waals surface area contributed by atoms with Crippen LogP contribution in [0.25, 0.3) is 0 Å². The van der Waals surface area contributed by atoms with Gasteiger partial charge in [-0.3, -0.25) is 0 Å². The predicted octanol–water partition coefficient (Wildman–Crippen LogP) is 3.12. The Morgan fingerprint density at radius 3 is 2.62 bits per heavy atom. The summed E-state index contributed by atoms with van der Waals surface area (Å²) < 4.78 is 5.86. The monoisotopic (exact) mass is 360 g/mol. The molecule has 1 aliphatic carbocycles. The second-order valence-electron chi connectivity index (χ2n) is 7.86. The highest BCUT2D eigenvalue weighted by Crippen LogP contribution is 2.54. The van der Waals surface area contributed by atoms with Gasteiger partial charge < -0.3 is 20.1 Å². The van der Waals surface area contributed by atoms with Crippen LogP contribution < -0.4 is 5.32 Å². The van der Waals surface area contributed by atoms with Gasteiger partial charge in [-0.15, -0.1) is 0 Å². The van der Waals surface area contributed by atoms with Crippen LogP contribution in [0.15, 0.2) is 24.3 Å². The molecule has 0 spiro atoms. The van der Waals surface area contributed by atoms with Crippen LogP contribution in [0.4, 0.5) is 4.79 Å². The first kappa shape index (κ1) is 18.7. The van der Waals surface area contributed by atoms with E-state index in [-0.39, 0.29) is 29.2 Å². The minimum atomic E-state index is -0.949. The van der Waals surface area contributed by atoms with E-state index in [0.29, 0.717) is 12.5 Å². The Labute approximate surface area is 154 Å². The Morgan fingerprint density at radius 2 is 2.00 bits per heavy atom. The standard InChI is InChI=1S/C20H28N2O4/c1-4-10-22(16-15-9-11-26-17(15)20(16,2)3)19(25)21-12-13-5-7-14(8-6-13)18(23)24/h5-8,15-17H,4,9-12H2,1-3H3,(H,21,25)(H,23,24). The SMILES string of the molecule is CCCN(C(=O)NCc1ccc(C(=O)O)cc1)C1C2CCOC2C1(C)C. The van der Waals surface area contributed by atoms with Crippen LogP contribution in [0.2, 0.25) is 0 Å². The summed E-state index contributed by atoms with van der Waals surface area (Å²) in [6.45, 7) is 8.35. The molecule has 1 aromatic rings. The van der Waals surface area contributed by atoms with Gasteiger partial charge in [0.2, 0.25) is 0 Å². The quantitative estimate of drug-likeness (QED) is 0.817. The first-order valence-electron chi connectivity index (χ1n) is 9.34. The molecule has 1 saturated carbocycles. The summed E-state index contributed by atoms with van der Waals surface area (Å²) in [6, 6.07) is 6.73. The fraction of sp³-hybridized carbons (Fsp3) is 0.600. The van der Waals surface area contributed by atoms with Crippen molar-refractivity contribution in [1.29, 1.82) is 0 Å². The molecule has 2 amide bonds. The molecule has 6 nitrogen and oxygen atoms in total. The number of aromatic carboxylic acids is 1. The number of carbonyl (C=O) groups is 2. The second-order valence-corrected chi connectivity index (χ2v) is 7.86. The van der Waals surface area contributed by atoms with Crippen LogP contribution >= 0.6 is 0 Å². The molecule has 1 saturated heterocycles. The molecule has 0 radical (unpaired) electrons. The summed E-state index contributed by atoms with van der Waals surface area (Å²) in [4.78, 5) is 25.8. The highest BCUT2D eigenvalue weighted by atomic mass is 16.5. The van der Waals surface area contributed by atoms with Crippen molar-refractivity contribution in [2.45, 2.75) is 52.3 Å². The molecule has 142 valence electrons. The number of amides is 2. The van der Waals surface area contributed by atoms with Crippen molar-refractivity contribution < 1.29 is 19.4 Å². The van der Waals surface area contributed by atoms with E-state index in [2.05, 4.69) is 26.1 Å². The summed E-state index contributed by atoms with van der Waals surface area (Å²) >= 11 is 0. The van der Waals surface area contributed by atoms with Gasteiger partial charge in [0.15, 0.2) is 0 Å². The van der Waals surface area contributed by atoms with E-state index in [1.807, 2.05) is 4.90 Å². The third kappa shape index (κ3) is 3.30. The Balaban J connectivity index is 1.65. The van der Waals surface area contributed by atoms with Gasteiger partial charge >= 0.3 is 12.0 Å². The van der Waals surface area contributed by atoms with E-state index >= 15 is 0 Å². The van der Waals surface area contributed by atoms with Gasteiger partial charge in [0.25, 0.3) is 0 Å². The molecular weight excluding hydrogens is 332 g/mol. The minimum Gasteiger partial charge on any atom is -0.478 e. The molecule has 2 N–H and O–H groups in total. The van der Waals surface area contributed by atoms with E-state index in [9.17, 15) is 9.59 Å². The largest absolute Gasteiger partial charge is 0.478 e. The zero-order valence-corrected chi connectivity index (χ0v) is 15.7. The van der Waals surface area contributed by atoms with Crippen LogP contribution in [-0.2, 0) is 11.3 Å². The molecule has 3 unspecified atom stereocenters. The van der Waals surface area contributed by atoms with Gasteiger partial charge in [-0.05, 0) is 30.5 Å². The number of carbonyl (C=O) groups excluding carboxylic acids is 1. The molecule has 6 heteroatoms. The normalized spacial score (nSPS) is 25.9. The summed E-state index contributed by atoms with van der Waals surface area (Å²) in [6.07, 6.45) is 2.18. The smallest absolute Gasteiger partial charge is 0.335 e. The van der Waals surface area contributed by atoms with E-state index in [0.717, 1.165) is 31.6 Å². The third-order valence-electron chi connectivity index (χ3n) is 5.74. The van der Waals surface area contributed by atoms with Crippen molar-refractivity contribution >= 4 is 12.0 Å². The predicted molar refractivity (Wildman–Crippen MR) is 98.1 cm³/mol. The van der Waals surface area contributed by atoms with Crippen LogP contribution in [0.5, 0.6) is 0 Å². The number of nitrogens with zero attached hydrogens (tertiary/aromatic N) is 1. The lowest BCUT2D eigenvalue weighted by Gasteiger charge is -2.58. The Morgan fingerprint density at radius 1 is 1.31 bits per heavy atom. The number of hydrogen-bond donors (Lipinski definition) is 2. The lowest BCUT2D eigenvalue weighted by molar-refractivity contribution is -0.143. The van der Waals surface area contributed by atoms with E-state index in [1.54, 1.807) is 24.3 Å². The van der Waals surface area contributed by atoms with Gasteiger partial charge in [-0.2, -0.15) is 0 Å². The number of hydrogen-bond acceptors (Lipinski definition) is 3. The van der Waals surface area contributed by atoms with Crippen LogP contribution in [0.1, 0.15) is 49.5 Å². The first-order valence-corrected chi connectivity index (χ1v) is 9.34. The Hall–Kier alpha value is -2.08. The van der Waals surface area contributed by atoms with Crippen LogP contribution in [0.3, 0.4) is 0 Å². The average Bonchev–Trinajstić information content (AvgIpc) is 3.06. The molecule has 1 heterocycles. The molecule has 2 fully saturated rings. The van der Waals surface area contributed by atoms with Crippen LogP contribution in [-0.4, -0.2) is 47.3 Å². The summed E-state index contributed by atoms with van der Waals surface area (Å²) in [5.74, 6) is -0.521. The van der Waals surface area contributed by atoms with E-state index in [4.69, 9.17) is 9.84 Å². The fourth-order valence-corrected chi connectivity index (χ4v) is 4.58. The number of nitrogens with one attached hydrogen (secondary N) is 1. The number of benzene rings is 1. The van der Waals surface area contributed by atoms with Gasteiger partial charge in [-0.1, -0.05) is 32.9 Å². The first-order chi connectivity index (χ1) is 12.4. The van der Waals surface area contributed by atoms with E-state index < -0.39 is 5.97 Å². The van der Waals surface area contributed by atoms with Gasteiger partial charge in [-0.25, -0.2) is 9.59 Å². The second kappa shape index (κ2) is 7.27. The number of rotatable bonds is 6. The van der Waals surface area contributed by atoms with Crippen LogP contribution in [0, 0.1) is 11.3 Å². The number of carboxylic acid groups (broad SMARTS) is 1.